The summed E-state index contributed by atoms with van der Waals surface area (Å²) in [6, 6.07) is 0. The van der Waals surface area contributed by atoms with Crippen LogP contribution in [0.4, 0.5) is 0 Å². The van der Waals surface area contributed by atoms with Crippen molar-refractivity contribution in [2.45, 2.75) is 39.5 Å². The highest BCUT2D eigenvalue weighted by atomic mass is 79.9. The summed E-state index contributed by atoms with van der Waals surface area (Å²) in [5, 5.41) is 1.11. The molecule has 0 heterocycles. The number of alkyl halides is 1. The molecule has 0 aliphatic heterocycles. The van der Waals surface area contributed by atoms with E-state index < -0.39 is 0 Å². The Morgan fingerprint density at radius 2 is 2.27 bits per heavy atom. The predicted molar refractivity (Wildman–Crippen MR) is 54.1 cm³/mol. The van der Waals surface area contributed by atoms with Crippen molar-refractivity contribution in [3.63, 3.8) is 0 Å². The molecule has 0 bridgehead atoms. The lowest BCUT2D eigenvalue weighted by molar-refractivity contribution is 0.419. The fourth-order valence-corrected chi connectivity index (χ4v) is 1.76. The van der Waals surface area contributed by atoms with Gasteiger partial charge in [-0.1, -0.05) is 41.4 Å². The summed E-state index contributed by atoms with van der Waals surface area (Å²) in [6.07, 6.45) is 7.74. The standard InChI is InChI=1S/C10H17Br/c1-10(2,8-11)7-9-5-3-4-6-9/h5H,3-4,6-8H2,1-2H3. The summed E-state index contributed by atoms with van der Waals surface area (Å²) >= 11 is 3.55. The van der Waals surface area contributed by atoms with E-state index in [0.717, 1.165) is 5.33 Å². The van der Waals surface area contributed by atoms with Crippen LogP contribution in [0.3, 0.4) is 0 Å². The third-order valence-electron chi connectivity index (χ3n) is 2.20. The molecule has 0 unspecified atom stereocenters. The second kappa shape index (κ2) is 3.75. The summed E-state index contributed by atoms with van der Waals surface area (Å²) in [5.41, 5.74) is 2.13. The van der Waals surface area contributed by atoms with Crippen LogP contribution in [0.1, 0.15) is 39.5 Å². The van der Waals surface area contributed by atoms with E-state index in [1.165, 1.54) is 25.7 Å². The minimum Gasteiger partial charge on any atom is -0.0922 e. The SMILES string of the molecule is CC(C)(CBr)CC1=CCCC1. The van der Waals surface area contributed by atoms with Gasteiger partial charge in [0.05, 0.1) is 0 Å². The van der Waals surface area contributed by atoms with E-state index in [2.05, 4.69) is 35.9 Å². The van der Waals surface area contributed by atoms with Gasteiger partial charge in [0.25, 0.3) is 0 Å². The minimum absolute atomic E-state index is 0.455. The molecule has 1 aliphatic rings. The molecule has 0 aromatic carbocycles. The van der Waals surface area contributed by atoms with E-state index in [1.54, 1.807) is 5.57 Å². The number of hydrogen-bond acceptors (Lipinski definition) is 0. The summed E-state index contributed by atoms with van der Waals surface area (Å²) in [4.78, 5) is 0. The summed E-state index contributed by atoms with van der Waals surface area (Å²) < 4.78 is 0. The van der Waals surface area contributed by atoms with Crippen molar-refractivity contribution in [1.29, 1.82) is 0 Å². The van der Waals surface area contributed by atoms with Crippen molar-refractivity contribution in [3.8, 4) is 0 Å². The van der Waals surface area contributed by atoms with Crippen molar-refractivity contribution in [3.05, 3.63) is 11.6 Å². The van der Waals surface area contributed by atoms with Gasteiger partial charge >= 0.3 is 0 Å². The maximum absolute atomic E-state index is 3.55. The van der Waals surface area contributed by atoms with E-state index in [9.17, 15) is 0 Å². The van der Waals surface area contributed by atoms with Crippen LogP contribution in [0, 0.1) is 5.41 Å². The molecule has 1 heteroatoms. The van der Waals surface area contributed by atoms with Gasteiger partial charge in [-0.05, 0) is 31.1 Å². The van der Waals surface area contributed by atoms with Gasteiger partial charge in [0, 0.05) is 5.33 Å². The van der Waals surface area contributed by atoms with Gasteiger partial charge in [-0.3, -0.25) is 0 Å². The summed E-state index contributed by atoms with van der Waals surface area (Å²) in [7, 11) is 0. The summed E-state index contributed by atoms with van der Waals surface area (Å²) in [5.74, 6) is 0. The van der Waals surface area contributed by atoms with Crippen LogP contribution in [0.25, 0.3) is 0 Å². The van der Waals surface area contributed by atoms with Gasteiger partial charge in [-0.2, -0.15) is 0 Å². The van der Waals surface area contributed by atoms with Gasteiger partial charge in [0.2, 0.25) is 0 Å². The second-order valence-corrected chi connectivity index (χ2v) is 4.79. The van der Waals surface area contributed by atoms with Crippen molar-refractivity contribution in [2.75, 3.05) is 5.33 Å². The number of rotatable bonds is 3. The van der Waals surface area contributed by atoms with Crippen LogP contribution in [0.5, 0.6) is 0 Å². The smallest absolute Gasteiger partial charge is 0.00857 e. The number of allylic oxidation sites excluding steroid dienone is 2. The highest BCUT2D eigenvalue weighted by molar-refractivity contribution is 9.09. The molecule has 1 aliphatic carbocycles. The molecule has 0 nitrogen and oxygen atoms in total. The third-order valence-corrected chi connectivity index (χ3v) is 3.72. The molecule has 0 fully saturated rings. The van der Waals surface area contributed by atoms with E-state index in [0.29, 0.717) is 5.41 Å². The molecule has 0 atom stereocenters. The molecule has 0 spiro atoms. The van der Waals surface area contributed by atoms with Crippen molar-refractivity contribution in [2.24, 2.45) is 5.41 Å². The van der Waals surface area contributed by atoms with Gasteiger partial charge < -0.3 is 0 Å². The quantitative estimate of drug-likeness (QED) is 0.496. The Kier molecular flexibility index (Phi) is 3.17. The normalized spacial score (nSPS) is 18.6. The molecule has 0 aromatic heterocycles. The van der Waals surface area contributed by atoms with Gasteiger partial charge in [-0.15, -0.1) is 0 Å². The van der Waals surface area contributed by atoms with E-state index in [4.69, 9.17) is 0 Å². The Morgan fingerprint density at radius 3 is 2.73 bits per heavy atom. The van der Waals surface area contributed by atoms with Gasteiger partial charge in [-0.25, -0.2) is 0 Å². The first-order valence-electron chi connectivity index (χ1n) is 4.38. The van der Waals surface area contributed by atoms with Gasteiger partial charge in [0.1, 0.15) is 0 Å². The first-order chi connectivity index (χ1) is 5.14. The van der Waals surface area contributed by atoms with Crippen LogP contribution >= 0.6 is 15.9 Å². The maximum Gasteiger partial charge on any atom is 0.00857 e. The average molecular weight is 217 g/mol. The highest BCUT2D eigenvalue weighted by Gasteiger charge is 2.19. The molecule has 64 valence electrons. The molecule has 0 saturated carbocycles. The topological polar surface area (TPSA) is 0 Å². The zero-order valence-electron chi connectivity index (χ0n) is 7.49. The highest BCUT2D eigenvalue weighted by Crippen LogP contribution is 2.32. The molecular weight excluding hydrogens is 200 g/mol. The Morgan fingerprint density at radius 1 is 1.55 bits per heavy atom. The fourth-order valence-electron chi connectivity index (χ4n) is 1.56. The lowest BCUT2D eigenvalue weighted by atomic mass is 9.88. The lowest BCUT2D eigenvalue weighted by Crippen LogP contribution is -2.13. The monoisotopic (exact) mass is 216 g/mol. The molecule has 0 amide bonds. The molecule has 0 aromatic rings. The van der Waals surface area contributed by atoms with Crippen molar-refractivity contribution < 1.29 is 0 Å². The maximum atomic E-state index is 3.55. The average Bonchev–Trinajstić information content (AvgIpc) is 2.39. The van der Waals surface area contributed by atoms with E-state index in [1.807, 2.05) is 0 Å². The van der Waals surface area contributed by atoms with Crippen molar-refractivity contribution in [1.82, 2.24) is 0 Å². The molecular formula is C10H17Br. The molecule has 0 saturated heterocycles. The van der Waals surface area contributed by atoms with Crippen LogP contribution in [-0.2, 0) is 0 Å². The fraction of sp³-hybridized carbons (Fsp3) is 0.800. The first kappa shape index (κ1) is 9.31. The zero-order chi connectivity index (χ0) is 8.32. The zero-order valence-corrected chi connectivity index (χ0v) is 9.08. The Labute approximate surface area is 78.2 Å². The van der Waals surface area contributed by atoms with Crippen LogP contribution in [0.2, 0.25) is 0 Å². The Bertz CT molecular complexity index is 156. The predicted octanol–water partition coefficient (Wildman–Crippen LogP) is 3.91. The minimum atomic E-state index is 0.455. The lowest BCUT2D eigenvalue weighted by Gasteiger charge is -2.21. The van der Waals surface area contributed by atoms with Gasteiger partial charge in [0.15, 0.2) is 0 Å². The number of hydrogen-bond donors (Lipinski definition) is 0. The molecule has 1 rings (SSSR count). The van der Waals surface area contributed by atoms with E-state index in [-0.39, 0.29) is 0 Å². The van der Waals surface area contributed by atoms with Crippen LogP contribution in [-0.4, -0.2) is 5.33 Å². The Balaban J connectivity index is 2.40. The second-order valence-electron chi connectivity index (χ2n) is 4.23. The summed E-state index contributed by atoms with van der Waals surface area (Å²) in [6.45, 7) is 4.64. The third kappa shape index (κ3) is 2.98. The molecule has 0 N–H and O–H groups in total. The first-order valence-corrected chi connectivity index (χ1v) is 5.50. The van der Waals surface area contributed by atoms with E-state index >= 15 is 0 Å². The largest absolute Gasteiger partial charge is 0.0922 e. The Hall–Kier alpha value is 0.220. The molecule has 11 heavy (non-hydrogen) atoms. The molecule has 0 radical (unpaired) electrons. The van der Waals surface area contributed by atoms with Crippen LogP contribution < -0.4 is 0 Å². The van der Waals surface area contributed by atoms with Crippen LogP contribution in [0.15, 0.2) is 11.6 Å². The van der Waals surface area contributed by atoms with Crippen molar-refractivity contribution >= 4 is 15.9 Å². The number of halogens is 1.